The van der Waals surface area contributed by atoms with Gasteiger partial charge in [-0.3, -0.25) is 4.79 Å². The molecule has 0 spiro atoms. The lowest BCUT2D eigenvalue weighted by Crippen LogP contribution is -2.22. The molecule has 94 valence electrons. The maximum Gasteiger partial charge on any atom is 0.227 e. The monoisotopic (exact) mass is 242 g/mol. The first kappa shape index (κ1) is 12.7. The van der Waals surface area contributed by atoms with Crippen molar-refractivity contribution >= 4 is 11.6 Å². The van der Waals surface area contributed by atoms with E-state index in [-0.39, 0.29) is 11.8 Å². The molecule has 1 saturated carbocycles. The zero-order valence-electron chi connectivity index (χ0n) is 10.6. The minimum absolute atomic E-state index is 0.0829. The summed E-state index contributed by atoms with van der Waals surface area (Å²) < 4.78 is 0. The Labute approximate surface area is 108 Å². The molecule has 1 fully saturated rings. The molecule has 1 aromatic carbocycles. The lowest BCUT2D eigenvalue weighted by Gasteiger charge is -2.12. The molecule has 1 atom stereocenters. The van der Waals surface area contributed by atoms with E-state index in [0.29, 0.717) is 12.5 Å². The number of benzene rings is 1. The fourth-order valence-corrected chi connectivity index (χ4v) is 1.90. The molecular formula is C15H18N2O. The number of carbonyl (C=O) groups excluding carboxylic acids is 1. The predicted octanol–water partition coefficient (Wildman–Crippen LogP) is 1.98. The third kappa shape index (κ3) is 3.12. The van der Waals surface area contributed by atoms with Crippen LogP contribution >= 0.6 is 0 Å². The van der Waals surface area contributed by atoms with E-state index in [1.54, 1.807) is 0 Å². The van der Waals surface area contributed by atoms with E-state index < -0.39 is 0 Å². The van der Waals surface area contributed by atoms with E-state index >= 15 is 0 Å². The molecule has 1 unspecified atom stereocenters. The number of hydrogen-bond acceptors (Lipinski definition) is 2. The Morgan fingerprint density at radius 1 is 1.50 bits per heavy atom. The lowest BCUT2D eigenvalue weighted by molar-refractivity contribution is -0.119. The summed E-state index contributed by atoms with van der Waals surface area (Å²) in [4.78, 5) is 12.0. The standard InChI is InChI=1S/C15H18N2O/c1-11(12-8-9-12)15(18)17-14-7-3-2-5-13(14)6-4-10-16/h2-3,5,7,11-12H,8-10,16H2,1H3,(H,17,18). The van der Waals surface area contributed by atoms with Crippen molar-refractivity contribution in [3.05, 3.63) is 29.8 Å². The molecule has 0 aliphatic heterocycles. The maximum absolute atomic E-state index is 12.0. The van der Waals surface area contributed by atoms with Crippen LogP contribution in [-0.2, 0) is 4.79 Å². The van der Waals surface area contributed by atoms with Crippen LogP contribution in [0, 0.1) is 23.7 Å². The zero-order chi connectivity index (χ0) is 13.0. The molecule has 3 nitrogen and oxygen atoms in total. The van der Waals surface area contributed by atoms with Crippen molar-refractivity contribution in [3.63, 3.8) is 0 Å². The van der Waals surface area contributed by atoms with Crippen LogP contribution < -0.4 is 11.1 Å². The summed E-state index contributed by atoms with van der Waals surface area (Å²) in [7, 11) is 0. The van der Waals surface area contributed by atoms with Gasteiger partial charge in [-0.25, -0.2) is 0 Å². The van der Waals surface area contributed by atoms with E-state index in [2.05, 4.69) is 17.2 Å². The number of amides is 1. The van der Waals surface area contributed by atoms with Crippen molar-refractivity contribution in [1.29, 1.82) is 0 Å². The normalized spacial score (nSPS) is 15.4. The van der Waals surface area contributed by atoms with Gasteiger partial charge in [0.2, 0.25) is 5.91 Å². The van der Waals surface area contributed by atoms with E-state index in [1.807, 2.05) is 31.2 Å². The Kier molecular flexibility index (Phi) is 4.01. The van der Waals surface area contributed by atoms with E-state index in [4.69, 9.17) is 5.73 Å². The second kappa shape index (κ2) is 5.70. The molecule has 3 N–H and O–H groups in total. The van der Waals surface area contributed by atoms with Gasteiger partial charge in [0.05, 0.1) is 12.2 Å². The van der Waals surface area contributed by atoms with Crippen molar-refractivity contribution in [2.75, 3.05) is 11.9 Å². The molecule has 0 aromatic heterocycles. The van der Waals surface area contributed by atoms with Gasteiger partial charge in [0.1, 0.15) is 0 Å². The van der Waals surface area contributed by atoms with E-state index in [1.165, 1.54) is 12.8 Å². The molecule has 0 saturated heterocycles. The second-order valence-corrected chi connectivity index (χ2v) is 4.67. The molecule has 18 heavy (non-hydrogen) atoms. The maximum atomic E-state index is 12.0. The molecule has 0 radical (unpaired) electrons. The number of para-hydroxylation sites is 1. The third-order valence-electron chi connectivity index (χ3n) is 3.25. The Morgan fingerprint density at radius 2 is 2.22 bits per heavy atom. The Morgan fingerprint density at radius 3 is 2.89 bits per heavy atom. The first-order valence-corrected chi connectivity index (χ1v) is 6.31. The topological polar surface area (TPSA) is 55.1 Å². The van der Waals surface area contributed by atoms with Crippen molar-refractivity contribution in [2.45, 2.75) is 19.8 Å². The average Bonchev–Trinajstić information content (AvgIpc) is 3.21. The van der Waals surface area contributed by atoms with Gasteiger partial charge in [0.15, 0.2) is 0 Å². The van der Waals surface area contributed by atoms with Crippen molar-refractivity contribution < 1.29 is 4.79 Å². The van der Waals surface area contributed by atoms with Crippen LogP contribution in [0.3, 0.4) is 0 Å². The van der Waals surface area contributed by atoms with Crippen molar-refractivity contribution in [1.82, 2.24) is 0 Å². The smallest absolute Gasteiger partial charge is 0.227 e. The first-order chi connectivity index (χ1) is 8.72. The van der Waals surface area contributed by atoms with E-state index in [9.17, 15) is 4.79 Å². The molecule has 1 amide bonds. The van der Waals surface area contributed by atoms with Crippen molar-refractivity contribution in [2.24, 2.45) is 17.6 Å². The fourth-order valence-electron chi connectivity index (χ4n) is 1.90. The second-order valence-electron chi connectivity index (χ2n) is 4.67. The molecule has 1 aromatic rings. The van der Waals surface area contributed by atoms with Gasteiger partial charge in [0, 0.05) is 11.5 Å². The van der Waals surface area contributed by atoms with Crippen LogP contribution in [0.15, 0.2) is 24.3 Å². The summed E-state index contributed by atoms with van der Waals surface area (Å²) >= 11 is 0. The number of rotatable bonds is 3. The Bertz CT molecular complexity index is 495. The molecular weight excluding hydrogens is 224 g/mol. The highest BCUT2D eigenvalue weighted by Gasteiger charge is 2.32. The highest BCUT2D eigenvalue weighted by Crippen LogP contribution is 2.37. The number of anilines is 1. The predicted molar refractivity (Wildman–Crippen MR) is 72.9 cm³/mol. The average molecular weight is 242 g/mol. The van der Waals surface area contributed by atoms with E-state index in [0.717, 1.165) is 11.3 Å². The van der Waals surface area contributed by atoms with Gasteiger partial charge in [-0.1, -0.05) is 30.9 Å². The molecule has 0 bridgehead atoms. The third-order valence-corrected chi connectivity index (χ3v) is 3.25. The van der Waals surface area contributed by atoms with Crippen LogP contribution in [0.4, 0.5) is 5.69 Å². The van der Waals surface area contributed by atoms with Gasteiger partial charge in [-0.05, 0) is 30.9 Å². The van der Waals surface area contributed by atoms with Crippen LogP contribution in [0.2, 0.25) is 0 Å². The first-order valence-electron chi connectivity index (χ1n) is 6.31. The molecule has 1 aliphatic rings. The Balaban J connectivity index is 2.10. The number of hydrogen-bond donors (Lipinski definition) is 2. The SMILES string of the molecule is CC(C(=O)Nc1ccccc1C#CCN)C1CC1. The van der Waals surface area contributed by atoms with Gasteiger partial charge >= 0.3 is 0 Å². The summed E-state index contributed by atoms with van der Waals surface area (Å²) in [6, 6.07) is 7.56. The van der Waals surface area contributed by atoms with Crippen molar-refractivity contribution in [3.8, 4) is 11.8 Å². The quantitative estimate of drug-likeness (QED) is 0.796. The number of carbonyl (C=O) groups is 1. The van der Waals surface area contributed by atoms with Gasteiger partial charge in [-0.2, -0.15) is 0 Å². The summed E-state index contributed by atoms with van der Waals surface area (Å²) in [5, 5.41) is 2.96. The minimum Gasteiger partial charge on any atom is -0.325 e. The highest BCUT2D eigenvalue weighted by molar-refractivity contribution is 5.94. The molecule has 3 heteroatoms. The summed E-state index contributed by atoms with van der Waals surface area (Å²) in [5.74, 6) is 6.51. The van der Waals surface area contributed by atoms with Crippen LogP contribution in [-0.4, -0.2) is 12.5 Å². The van der Waals surface area contributed by atoms with Gasteiger partial charge < -0.3 is 11.1 Å². The lowest BCUT2D eigenvalue weighted by atomic mass is 10.1. The van der Waals surface area contributed by atoms with Crippen LogP contribution in [0.25, 0.3) is 0 Å². The number of nitrogens with two attached hydrogens (primary N) is 1. The summed E-state index contributed by atoms with van der Waals surface area (Å²) in [5.41, 5.74) is 6.96. The molecule has 1 aliphatic carbocycles. The van der Waals surface area contributed by atoms with Gasteiger partial charge in [-0.15, -0.1) is 0 Å². The zero-order valence-corrected chi connectivity index (χ0v) is 10.6. The molecule has 2 rings (SSSR count). The van der Waals surface area contributed by atoms with Crippen LogP contribution in [0.1, 0.15) is 25.3 Å². The van der Waals surface area contributed by atoms with Gasteiger partial charge in [0.25, 0.3) is 0 Å². The minimum atomic E-state index is 0.0829. The highest BCUT2D eigenvalue weighted by atomic mass is 16.1. The summed E-state index contributed by atoms with van der Waals surface area (Å²) in [6.07, 6.45) is 2.34. The summed E-state index contributed by atoms with van der Waals surface area (Å²) in [6.45, 7) is 2.31. The largest absolute Gasteiger partial charge is 0.325 e. The molecule has 0 heterocycles. The fraction of sp³-hybridized carbons (Fsp3) is 0.400. The van der Waals surface area contributed by atoms with Crippen LogP contribution in [0.5, 0.6) is 0 Å². The number of nitrogens with one attached hydrogen (secondary N) is 1. The Hall–Kier alpha value is -1.79.